The van der Waals surface area contributed by atoms with Crippen LogP contribution in [-0.4, -0.2) is 12.3 Å². The Morgan fingerprint density at radius 3 is 2.24 bits per heavy atom. The van der Waals surface area contributed by atoms with Gasteiger partial charge in [0.1, 0.15) is 0 Å². The lowest BCUT2D eigenvalue weighted by molar-refractivity contribution is -0.137. The minimum Gasteiger partial charge on any atom is -0.330 e. The molecule has 1 rings (SSSR count). The van der Waals surface area contributed by atoms with Gasteiger partial charge < -0.3 is 5.73 Å². The summed E-state index contributed by atoms with van der Waals surface area (Å²) in [5.74, 6) is -0.444. The molecule has 0 aliphatic rings. The van der Waals surface area contributed by atoms with Crippen LogP contribution in [0, 0.1) is 5.92 Å². The first-order valence-corrected chi connectivity index (χ1v) is 5.27. The fourth-order valence-electron chi connectivity index (χ4n) is 1.49. The molecule has 0 bridgehead atoms. The molecule has 94 valence electrons. The van der Waals surface area contributed by atoms with Crippen molar-refractivity contribution in [3.05, 3.63) is 35.4 Å². The van der Waals surface area contributed by atoms with Crippen LogP contribution in [0.2, 0.25) is 0 Å². The predicted octanol–water partition coefficient (Wildman–Crippen LogP) is 2.87. The standard InChI is InChI=1S/C12H14F3NO/c1-8(6-7-16)11(17)9-2-4-10(5-3-9)12(13,14)15/h2-5,8H,6-7,16H2,1H3. The van der Waals surface area contributed by atoms with Gasteiger partial charge in [-0.05, 0) is 25.1 Å². The monoisotopic (exact) mass is 245 g/mol. The van der Waals surface area contributed by atoms with Gasteiger partial charge in [0.2, 0.25) is 0 Å². The van der Waals surface area contributed by atoms with Gasteiger partial charge in [-0.15, -0.1) is 0 Å². The highest BCUT2D eigenvalue weighted by atomic mass is 19.4. The van der Waals surface area contributed by atoms with Crippen molar-refractivity contribution in [1.82, 2.24) is 0 Å². The van der Waals surface area contributed by atoms with Gasteiger partial charge in [-0.3, -0.25) is 4.79 Å². The van der Waals surface area contributed by atoms with E-state index < -0.39 is 11.7 Å². The second-order valence-electron chi connectivity index (χ2n) is 3.92. The molecule has 1 aromatic carbocycles. The molecule has 5 heteroatoms. The van der Waals surface area contributed by atoms with Gasteiger partial charge in [0.05, 0.1) is 5.56 Å². The van der Waals surface area contributed by atoms with Crippen LogP contribution in [0.4, 0.5) is 13.2 Å². The zero-order chi connectivity index (χ0) is 13.1. The molecule has 0 heterocycles. The van der Waals surface area contributed by atoms with E-state index in [-0.39, 0.29) is 11.7 Å². The second-order valence-corrected chi connectivity index (χ2v) is 3.92. The van der Waals surface area contributed by atoms with Crippen molar-refractivity contribution in [3.8, 4) is 0 Å². The fourth-order valence-corrected chi connectivity index (χ4v) is 1.49. The van der Waals surface area contributed by atoms with Crippen LogP contribution in [0.25, 0.3) is 0 Å². The Hall–Kier alpha value is -1.36. The summed E-state index contributed by atoms with van der Waals surface area (Å²) < 4.78 is 36.9. The molecular weight excluding hydrogens is 231 g/mol. The van der Waals surface area contributed by atoms with Crippen molar-refractivity contribution in [3.63, 3.8) is 0 Å². The fraction of sp³-hybridized carbons (Fsp3) is 0.417. The van der Waals surface area contributed by atoms with Crippen molar-refractivity contribution >= 4 is 5.78 Å². The predicted molar refractivity (Wildman–Crippen MR) is 58.6 cm³/mol. The molecule has 0 fully saturated rings. The number of nitrogens with two attached hydrogens (primary N) is 1. The van der Waals surface area contributed by atoms with Gasteiger partial charge in [0.15, 0.2) is 5.78 Å². The van der Waals surface area contributed by atoms with E-state index in [4.69, 9.17) is 5.73 Å². The maximum Gasteiger partial charge on any atom is 0.416 e. The van der Waals surface area contributed by atoms with Crippen LogP contribution < -0.4 is 5.73 Å². The molecule has 2 N–H and O–H groups in total. The largest absolute Gasteiger partial charge is 0.416 e. The van der Waals surface area contributed by atoms with E-state index in [0.717, 1.165) is 12.1 Å². The molecule has 0 radical (unpaired) electrons. The molecule has 1 unspecified atom stereocenters. The molecule has 0 aromatic heterocycles. The Morgan fingerprint density at radius 2 is 1.82 bits per heavy atom. The summed E-state index contributed by atoms with van der Waals surface area (Å²) in [6.07, 6.45) is -3.84. The Kier molecular flexibility index (Phi) is 4.28. The van der Waals surface area contributed by atoms with E-state index in [9.17, 15) is 18.0 Å². The highest BCUT2D eigenvalue weighted by Crippen LogP contribution is 2.29. The van der Waals surface area contributed by atoms with E-state index in [1.165, 1.54) is 12.1 Å². The number of hydrogen-bond donors (Lipinski definition) is 1. The first kappa shape index (κ1) is 13.7. The summed E-state index contributed by atoms with van der Waals surface area (Å²) in [5.41, 5.74) is 4.87. The minimum absolute atomic E-state index is 0.177. The maximum absolute atomic E-state index is 12.3. The molecule has 0 amide bonds. The van der Waals surface area contributed by atoms with Crippen molar-refractivity contribution in [2.45, 2.75) is 19.5 Å². The molecular formula is C12H14F3NO. The van der Waals surface area contributed by atoms with Crippen LogP contribution in [0.1, 0.15) is 29.3 Å². The third-order valence-electron chi connectivity index (χ3n) is 2.54. The summed E-state index contributed by atoms with van der Waals surface area (Å²) in [6, 6.07) is 4.25. The maximum atomic E-state index is 12.3. The summed E-state index contributed by atoms with van der Waals surface area (Å²) in [7, 11) is 0. The highest BCUT2D eigenvalue weighted by molar-refractivity contribution is 5.97. The van der Waals surface area contributed by atoms with Crippen molar-refractivity contribution < 1.29 is 18.0 Å². The third-order valence-corrected chi connectivity index (χ3v) is 2.54. The SMILES string of the molecule is CC(CCN)C(=O)c1ccc(C(F)(F)F)cc1. The molecule has 2 nitrogen and oxygen atoms in total. The Bertz CT molecular complexity index is 384. The molecule has 0 aliphatic carbocycles. The number of rotatable bonds is 4. The number of hydrogen-bond acceptors (Lipinski definition) is 2. The zero-order valence-corrected chi connectivity index (χ0v) is 9.42. The minimum atomic E-state index is -4.37. The summed E-state index contributed by atoms with van der Waals surface area (Å²) in [6.45, 7) is 2.10. The van der Waals surface area contributed by atoms with Gasteiger partial charge in [-0.2, -0.15) is 13.2 Å². The van der Waals surface area contributed by atoms with Crippen molar-refractivity contribution in [2.24, 2.45) is 11.7 Å². The lowest BCUT2D eigenvalue weighted by Gasteiger charge is -2.10. The summed E-state index contributed by atoms with van der Waals surface area (Å²) in [4.78, 5) is 11.8. The van der Waals surface area contributed by atoms with Crippen LogP contribution in [0.5, 0.6) is 0 Å². The van der Waals surface area contributed by atoms with Gasteiger partial charge in [0.25, 0.3) is 0 Å². The van der Waals surface area contributed by atoms with E-state index in [1.54, 1.807) is 6.92 Å². The van der Waals surface area contributed by atoms with Gasteiger partial charge >= 0.3 is 6.18 Å². The van der Waals surface area contributed by atoms with E-state index in [2.05, 4.69) is 0 Å². The molecule has 0 spiro atoms. The Morgan fingerprint density at radius 1 is 1.29 bits per heavy atom. The topological polar surface area (TPSA) is 43.1 Å². The summed E-state index contributed by atoms with van der Waals surface area (Å²) >= 11 is 0. The lowest BCUT2D eigenvalue weighted by Crippen LogP contribution is -2.16. The number of ketones is 1. The van der Waals surface area contributed by atoms with Crippen molar-refractivity contribution in [1.29, 1.82) is 0 Å². The molecule has 1 atom stereocenters. The molecule has 0 aliphatic heterocycles. The first-order chi connectivity index (χ1) is 7.86. The smallest absolute Gasteiger partial charge is 0.330 e. The average molecular weight is 245 g/mol. The lowest BCUT2D eigenvalue weighted by atomic mass is 9.96. The van der Waals surface area contributed by atoms with E-state index >= 15 is 0 Å². The zero-order valence-electron chi connectivity index (χ0n) is 9.42. The summed E-state index contributed by atoms with van der Waals surface area (Å²) in [5, 5.41) is 0. The van der Waals surface area contributed by atoms with Crippen LogP contribution in [0.15, 0.2) is 24.3 Å². The Balaban J connectivity index is 2.84. The second kappa shape index (κ2) is 5.31. The van der Waals surface area contributed by atoms with E-state index in [1.807, 2.05) is 0 Å². The average Bonchev–Trinajstić information content (AvgIpc) is 2.27. The Labute approximate surface area is 97.6 Å². The van der Waals surface area contributed by atoms with E-state index in [0.29, 0.717) is 18.5 Å². The number of benzene rings is 1. The van der Waals surface area contributed by atoms with Crippen LogP contribution in [-0.2, 0) is 6.18 Å². The number of Topliss-reactive ketones (excluding diaryl/α,β-unsaturated/α-hetero) is 1. The molecule has 1 aromatic rings. The highest BCUT2D eigenvalue weighted by Gasteiger charge is 2.30. The normalized spacial score (nSPS) is 13.5. The van der Waals surface area contributed by atoms with Crippen LogP contribution >= 0.6 is 0 Å². The quantitative estimate of drug-likeness (QED) is 0.829. The number of halogens is 3. The third kappa shape index (κ3) is 3.56. The van der Waals surface area contributed by atoms with Gasteiger partial charge in [-0.1, -0.05) is 19.1 Å². The van der Waals surface area contributed by atoms with Crippen molar-refractivity contribution in [2.75, 3.05) is 6.54 Å². The number of carbonyl (C=O) groups excluding carboxylic acids is 1. The molecule has 0 saturated heterocycles. The molecule has 17 heavy (non-hydrogen) atoms. The number of carbonyl (C=O) groups is 1. The van der Waals surface area contributed by atoms with Gasteiger partial charge in [0, 0.05) is 11.5 Å². The van der Waals surface area contributed by atoms with Crippen LogP contribution in [0.3, 0.4) is 0 Å². The first-order valence-electron chi connectivity index (χ1n) is 5.27. The molecule has 0 saturated carbocycles. The van der Waals surface area contributed by atoms with Gasteiger partial charge in [-0.25, -0.2) is 0 Å². The number of alkyl halides is 3.